The molecule has 0 unspecified atom stereocenters. The number of ether oxygens (including phenoxy) is 5. The quantitative estimate of drug-likeness (QED) is 0.444. The predicted octanol–water partition coefficient (Wildman–Crippen LogP) is 4.06. The summed E-state index contributed by atoms with van der Waals surface area (Å²) in [4.78, 5) is 0. The van der Waals surface area contributed by atoms with Crippen molar-refractivity contribution in [1.82, 2.24) is 0 Å². The van der Waals surface area contributed by atoms with Crippen LogP contribution in [0.15, 0.2) is 60.7 Å². The Labute approximate surface area is 191 Å². The van der Waals surface area contributed by atoms with Gasteiger partial charge in [0.15, 0.2) is 6.29 Å². The van der Waals surface area contributed by atoms with Crippen molar-refractivity contribution in [2.75, 3.05) is 26.9 Å². The number of hydrogen-bond acceptors (Lipinski definition) is 6. The summed E-state index contributed by atoms with van der Waals surface area (Å²) in [6, 6.07) is 20.3. The molecule has 0 amide bonds. The minimum absolute atomic E-state index is 0.105. The molecule has 1 aliphatic rings. The lowest BCUT2D eigenvalue weighted by Gasteiger charge is -2.40. The zero-order valence-electron chi connectivity index (χ0n) is 19.1. The van der Waals surface area contributed by atoms with E-state index in [1.807, 2.05) is 48.5 Å². The molecule has 0 saturated carbocycles. The number of methoxy groups -OCH3 is 1. The van der Waals surface area contributed by atoms with Gasteiger partial charge in [-0.05, 0) is 36.9 Å². The predicted molar refractivity (Wildman–Crippen MR) is 124 cm³/mol. The zero-order valence-corrected chi connectivity index (χ0v) is 19.1. The molecule has 1 aliphatic heterocycles. The van der Waals surface area contributed by atoms with Gasteiger partial charge in [0.25, 0.3) is 0 Å². The first-order valence-electron chi connectivity index (χ1n) is 11.6. The van der Waals surface area contributed by atoms with Gasteiger partial charge in [0.05, 0.1) is 32.0 Å². The van der Waals surface area contributed by atoms with Gasteiger partial charge >= 0.3 is 0 Å². The highest BCUT2D eigenvalue weighted by molar-refractivity contribution is 5.14. The second kappa shape index (κ2) is 14.4. The average Bonchev–Trinajstić information content (AvgIpc) is 2.85. The van der Waals surface area contributed by atoms with Gasteiger partial charge in [-0.15, -0.1) is 0 Å². The van der Waals surface area contributed by atoms with Gasteiger partial charge in [-0.1, -0.05) is 60.7 Å². The maximum Gasteiger partial charge on any atom is 0.186 e. The Morgan fingerprint density at radius 3 is 2.16 bits per heavy atom. The van der Waals surface area contributed by atoms with E-state index in [0.29, 0.717) is 32.8 Å². The number of unbranched alkanes of at least 4 members (excludes halogenated alkanes) is 2. The maximum absolute atomic E-state index is 6.34. The van der Waals surface area contributed by atoms with Crippen molar-refractivity contribution in [2.24, 2.45) is 5.73 Å². The number of nitrogens with two attached hydrogens (primary N) is 1. The average molecular weight is 444 g/mol. The Hall–Kier alpha value is -1.80. The Balaban J connectivity index is 1.59. The van der Waals surface area contributed by atoms with Crippen LogP contribution in [0.3, 0.4) is 0 Å². The first-order valence-corrected chi connectivity index (χ1v) is 11.6. The summed E-state index contributed by atoms with van der Waals surface area (Å²) < 4.78 is 30.3. The molecule has 0 aliphatic carbocycles. The summed E-state index contributed by atoms with van der Waals surface area (Å²) in [5, 5.41) is 0. The molecule has 2 aromatic rings. The molecule has 2 aromatic carbocycles. The molecule has 6 heteroatoms. The van der Waals surface area contributed by atoms with Crippen LogP contribution in [0.5, 0.6) is 0 Å². The van der Waals surface area contributed by atoms with Crippen LogP contribution in [0, 0.1) is 0 Å². The van der Waals surface area contributed by atoms with Crippen molar-refractivity contribution in [3.8, 4) is 0 Å². The summed E-state index contributed by atoms with van der Waals surface area (Å²) in [5.74, 6) is 0. The number of benzene rings is 2. The van der Waals surface area contributed by atoms with Gasteiger partial charge in [-0.25, -0.2) is 0 Å². The normalized spacial score (nSPS) is 23.3. The molecule has 0 aromatic heterocycles. The topological polar surface area (TPSA) is 72.2 Å². The van der Waals surface area contributed by atoms with E-state index in [1.165, 1.54) is 0 Å². The Morgan fingerprint density at radius 2 is 1.53 bits per heavy atom. The Kier molecular flexibility index (Phi) is 11.2. The highest BCUT2D eigenvalue weighted by Crippen LogP contribution is 2.28. The second-order valence-corrected chi connectivity index (χ2v) is 8.12. The smallest absolute Gasteiger partial charge is 0.186 e. The van der Waals surface area contributed by atoms with Crippen LogP contribution in [0.2, 0.25) is 0 Å². The summed E-state index contributed by atoms with van der Waals surface area (Å²) in [6.45, 7) is 2.94. The van der Waals surface area contributed by atoms with Gasteiger partial charge in [0.1, 0.15) is 6.10 Å². The summed E-state index contributed by atoms with van der Waals surface area (Å²) in [5.41, 5.74) is 7.78. The summed E-state index contributed by atoms with van der Waals surface area (Å²) in [6.07, 6.45) is 2.70. The minimum atomic E-state index is -0.515. The van der Waals surface area contributed by atoms with Gasteiger partial charge in [0.2, 0.25) is 0 Å². The molecule has 1 saturated heterocycles. The molecule has 3 rings (SSSR count). The lowest BCUT2D eigenvalue weighted by atomic mass is 10.0. The van der Waals surface area contributed by atoms with E-state index in [-0.39, 0.29) is 18.3 Å². The second-order valence-electron chi connectivity index (χ2n) is 8.12. The van der Waals surface area contributed by atoms with Crippen LogP contribution in [0.1, 0.15) is 36.8 Å². The van der Waals surface area contributed by atoms with Crippen molar-refractivity contribution in [1.29, 1.82) is 0 Å². The number of rotatable bonds is 14. The lowest BCUT2D eigenvalue weighted by Crippen LogP contribution is -2.52. The van der Waals surface area contributed by atoms with Crippen molar-refractivity contribution in [2.45, 2.75) is 63.5 Å². The molecule has 0 radical (unpaired) electrons. The molecule has 2 N–H and O–H groups in total. The van der Waals surface area contributed by atoms with Crippen LogP contribution in [0.4, 0.5) is 0 Å². The Bertz CT molecular complexity index is 730. The van der Waals surface area contributed by atoms with Crippen LogP contribution in [0.25, 0.3) is 0 Å². The molecule has 32 heavy (non-hydrogen) atoms. The monoisotopic (exact) mass is 443 g/mol. The molecule has 0 bridgehead atoms. The van der Waals surface area contributed by atoms with E-state index >= 15 is 0 Å². The fraction of sp³-hybridized carbons (Fsp3) is 0.538. The first-order chi connectivity index (χ1) is 15.8. The third kappa shape index (κ3) is 8.28. The van der Waals surface area contributed by atoms with Gasteiger partial charge in [-0.3, -0.25) is 0 Å². The highest BCUT2D eigenvalue weighted by Gasteiger charge is 2.40. The molecule has 1 heterocycles. The van der Waals surface area contributed by atoms with Crippen LogP contribution >= 0.6 is 0 Å². The van der Waals surface area contributed by atoms with Crippen molar-refractivity contribution >= 4 is 0 Å². The van der Waals surface area contributed by atoms with E-state index in [4.69, 9.17) is 29.4 Å². The third-order valence-electron chi connectivity index (χ3n) is 5.58. The fourth-order valence-electron chi connectivity index (χ4n) is 3.82. The molecule has 4 atom stereocenters. The van der Waals surface area contributed by atoms with Crippen molar-refractivity contribution < 1.29 is 23.7 Å². The molecular formula is C26H37NO5. The molecule has 176 valence electrons. The molecular weight excluding hydrogens is 406 g/mol. The molecule has 6 nitrogen and oxygen atoms in total. The maximum atomic E-state index is 6.34. The first kappa shape index (κ1) is 24.8. The van der Waals surface area contributed by atoms with E-state index in [9.17, 15) is 0 Å². The van der Waals surface area contributed by atoms with E-state index in [2.05, 4.69) is 12.1 Å². The lowest BCUT2D eigenvalue weighted by molar-refractivity contribution is -0.285. The van der Waals surface area contributed by atoms with Crippen LogP contribution in [-0.4, -0.2) is 51.5 Å². The standard InChI is InChI=1S/C26H37NO5/c1-28-26-25(31-19-22-13-7-3-8-14-22)24(30-18-21-11-5-2-6-12-21)17-23(32-26)20-29-16-10-4-9-15-27/h2-3,5-8,11-14,23-26H,4,9-10,15-20,27H2,1H3/t23-,24-,25+,26-/m0/s1. The fourth-order valence-corrected chi connectivity index (χ4v) is 3.82. The summed E-state index contributed by atoms with van der Waals surface area (Å²) in [7, 11) is 1.65. The van der Waals surface area contributed by atoms with Gasteiger partial charge < -0.3 is 29.4 Å². The minimum Gasteiger partial charge on any atom is -0.379 e. The van der Waals surface area contributed by atoms with E-state index < -0.39 is 6.29 Å². The van der Waals surface area contributed by atoms with Crippen LogP contribution in [-0.2, 0) is 36.9 Å². The number of hydrogen-bond donors (Lipinski definition) is 1. The van der Waals surface area contributed by atoms with E-state index in [1.54, 1.807) is 7.11 Å². The highest BCUT2D eigenvalue weighted by atomic mass is 16.7. The Morgan fingerprint density at radius 1 is 0.875 bits per heavy atom. The van der Waals surface area contributed by atoms with Crippen LogP contribution < -0.4 is 5.73 Å². The largest absolute Gasteiger partial charge is 0.379 e. The van der Waals surface area contributed by atoms with Crippen molar-refractivity contribution in [3.63, 3.8) is 0 Å². The molecule has 0 spiro atoms. The van der Waals surface area contributed by atoms with Crippen molar-refractivity contribution in [3.05, 3.63) is 71.8 Å². The SMILES string of the molecule is CO[C@H]1O[C@H](COCCCCCN)C[C@H](OCc2ccccc2)[C@H]1OCc1ccccc1. The van der Waals surface area contributed by atoms with E-state index in [0.717, 1.165) is 36.9 Å². The zero-order chi connectivity index (χ0) is 22.4. The third-order valence-corrected chi connectivity index (χ3v) is 5.58. The molecule has 1 fully saturated rings. The van der Waals surface area contributed by atoms with Gasteiger partial charge in [0, 0.05) is 20.1 Å². The van der Waals surface area contributed by atoms with Gasteiger partial charge in [-0.2, -0.15) is 0 Å². The summed E-state index contributed by atoms with van der Waals surface area (Å²) >= 11 is 0.